The summed E-state index contributed by atoms with van der Waals surface area (Å²) in [6.45, 7) is 1.79. The van der Waals surface area contributed by atoms with E-state index in [1.54, 1.807) is 6.92 Å². The summed E-state index contributed by atoms with van der Waals surface area (Å²) < 4.78 is 1.43. The first-order chi connectivity index (χ1) is 9.97. The first-order valence-corrected chi connectivity index (χ1v) is 7.10. The number of carbonyl (C=O) groups excluding carboxylic acids is 1. The number of amides is 1. The molecule has 0 aromatic carbocycles. The summed E-state index contributed by atoms with van der Waals surface area (Å²) in [4.78, 5) is 25.6. The quantitative estimate of drug-likeness (QED) is 0.595. The fourth-order valence-corrected chi connectivity index (χ4v) is 2.68. The molecule has 1 aliphatic rings. The van der Waals surface area contributed by atoms with Crippen LogP contribution < -0.4 is 5.32 Å². The number of rotatable bonds is 6. The van der Waals surface area contributed by atoms with Gasteiger partial charge in [-0.05, 0) is 28.7 Å². The van der Waals surface area contributed by atoms with Crippen molar-refractivity contribution in [2.45, 2.75) is 45.3 Å². The zero-order chi connectivity index (χ0) is 15.4. The maximum absolute atomic E-state index is 11.8. The lowest BCUT2D eigenvalue weighted by Crippen LogP contribution is -2.37. The van der Waals surface area contributed by atoms with Gasteiger partial charge in [-0.1, -0.05) is 12.8 Å². The van der Waals surface area contributed by atoms with E-state index in [0.29, 0.717) is 5.82 Å². The fourth-order valence-electron chi connectivity index (χ4n) is 2.68. The topological polar surface area (TPSA) is 110 Å². The Morgan fingerprint density at radius 2 is 2.29 bits per heavy atom. The monoisotopic (exact) mass is 296 g/mol. The van der Waals surface area contributed by atoms with E-state index in [9.17, 15) is 20.0 Å². The highest BCUT2D eigenvalue weighted by Gasteiger charge is 2.23. The van der Waals surface area contributed by atoms with Crippen LogP contribution in [0.2, 0.25) is 0 Å². The predicted molar refractivity (Wildman–Crippen MR) is 74.6 cm³/mol. The largest absolute Gasteiger partial charge is 0.391 e. The Kier molecular flexibility index (Phi) is 4.89. The van der Waals surface area contributed by atoms with Gasteiger partial charge in [0, 0.05) is 13.5 Å². The van der Waals surface area contributed by atoms with E-state index >= 15 is 0 Å². The molecule has 1 amide bonds. The standard InChI is InChI=1S/C13H20N4O4/c1-9-15-12(17(20)21)7-16(9)8-13(19)14-6-11(18)10-4-2-3-5-10/h7,10-11,18H,2-6,8H2,1H3,(H,14,19). The minimum absolute atomic E-state index is 0.0376. The SMILES string of the molecule is Cc1nc([N+](=O)[O-])cn1CC(=O)NCC(O)C1CCCC1. The molecule has 1 unspecified atom stereocenters. The van der Waals surface area contributed by atoms with Gasteiger partial charge in [-0.25, -0.2) is 0 Å². The molecule has 2 rings (SSSR count). The highest BCUT2D eigenvalue weighted by atomic mass is 16.6. The molecular weight excluding hydrogens is 276 g/mol. The number of nitro groups is 1. The Morgan fingerprint density at radius 3 is 2.86 bits per heavy atom. The Balaban J connectivity index is 1.82. The molecule has 1 aliphatic carbocycles. The van der Waals surface area contributed by atoms with Gasteiger partial charge in [0.05, 0.1) is 6.10 Å². The van der Waals surface area contributed by atoms with E-state index in [0.717, 1.165) is 25.7 Å². The molecule has 1 aromatic heterocycles. The van der Waals surface area contributed by atoms with Gasteiger partial charge < -0.3 is 20.5 Å². The van der Waals surface area contributed by atoms with Gasteiger partial charge in [0.1, 0.15) is 12.7 Å². The zero-order valence-electron chi connectivity index (χ0n) is 12.0. The molecule has 1 aromatic rings. The minimum Gasteiger partial charge on any atom is -0.391 e. The smallest absolute Gasteiger partial charge is 0.381 e. The molecule has 116 valence electrons. The molecule has 21 heavy (non-hydrogen) atoms. The van der Waals surface area contributed by atoms with Crippen molar-refractivity contribution in [1.82, 2.24) is 14.9 Å². The van der Waals surface area contributed by atoms with Gasteiger partial charge in [-0.3, -0.25) is 9.36 Å². The number of aliphatic hydroxyl groups excluding tert-OH is 1. The number of hydrogen-bond donors (Lipinski definition) is 2. The zero-order valence-corrected chi connectivity index (χ0v) is 12.0. The summed E-state index contributed by atoms with van der Waals surface area (Å²) in [5, 5.41) is 23.2. The normalized spacial score (nSPS) is 16.9. The molecule has 0 spiro atoms. The van der Waals surface area contributed by atoms with Crippen LogP contribution in [0.3, 0.4) is 0 Å². The van der Waals surface area contributed by atoms with Crippen molar-refractivity contribution in [2.24, 2.45) is 5.92 Å². The summed E-state index contributed by atoms with van der Waals surface area (Å²) in [5.41, 5.74) is 0. The van der Waals surface area contributed by atoms with Gasteiger partial charge in [-0.2, -0.15) is 0 Å². The van der Waals surface area contributed by atoms with Crippen molar-refractivity contribution in [2.75, 3.05) is 6.54 Å². The van der Waals surface area contributed by atoms with Crippen LogP contribution in [0.25, 0.3) is 0 Å². The lowest BCUT2D eigenvalue weighted by atomic mass is 10.0. The van der Waals surface area contributed by atoms with Crippen LogP contribution in [-0.2, 0) is 11.3 Å². The number of aliphatic hydroxyl groups is 1. The maximum Gasteiger partial charge on any atom is 0.381 e. The molecule has 0 bridgehead atoms. The van der Waals surface area contributed by atoms with Gasteiger partial charge in [0.2, 0.25) is 11.7 Å². The van der Waals surface area contributed by atoms with Gasteiger partial charge in [0.25, 0.3) is 0 Å². The average molecular weight is 296 g/mol. The fraction of sp³-hybridized carbons (Fsp3) is 0.692. The first-order valence-electron chi connectivity index (χ1n) is 7.10. The summed E-state index contributed by atoms with van der Waals surface area (Å²) in [5.74, 6) is 0.114. The summed E-state index contributed by atoms with van der Waals surface area (Å²) in [7, 11) is 0. The van der Waals surface area contributed by atoms with E-state index in [1.165, 1.54) is 10.8 Å². The van der Waals surface area contributed by atoms with Gasteiger partial charge >= 0.3 is 5.82 Å². The molecule has 2 N–H and O–H groups in total. The van der Waals surface area contributed by atoms with Crippen LogP contribution in [0.4, 0.5) is 5.82 Å². The van der Waals surface area contributed by atoms with Crippen LogP contribution in [0, 0.1) is 23.0 Å². The third-order valence-electron chi connectivity index (χ3n) is 3.92. The van der Waals surface area contributed by atoms with Crippen molar-refractivity contribution in [3.05, 3.63) is 22.1 Å². The number of aryl methyl sites for hydroxylation is 1. The van der Waals surface area contributed by atoms with E-state index in [4.69, 9.17) is 0 Å². The summed E-state index contributed by atoms with van der Waals surface area (Å²) in [6.07, 6.45) is 4.99. The number of nitrogens with zero attached hydrogens (tertiary/aromatic N) is 3. The summed E-state index contributed by atoms with van der Waals surface area (Å²) >= 11 is 0. The van der Waals surface area contributed by atoms with Crippen LogP contribution in [0.5, 0.6) is 0 Å². The molecule has 0 radical (unpaired) electrons. The third kappa shape index (κ3) is 4.01. The molecule has 0 saturated heterocycles. The van der Waals surface area contributed by atoms with Gasteiger partial charge in [0.15, 0.2) is 0 Å². The molecular formula is C13H20N4O4. The number of hydrogen-bond acceptors (Lipinski definition) is 5. The Labute approximate surface area is 122 Å². The highest BCUT2D eigenvalue weighted by Crippen LogP contribution is 2.27. The molecule has 1 saturated carbocycles. The molecule has 8 heteroatoms. The van der Waals surface area contributed by atoms with E-state index in [2.05, 4.69) is 10.3 Å². The second-order valence-corrected chi connectivity index (χ2v) is 5.45. The van der Waals surface area contributed by atoms with Crippen molar-refractivity contribution in [1.29, 1.82) is 0 Å². The number of carbonyl (C=O) groups is 1. The Morgan fingerprint density at radius 1 is 1.62 bits per heavy atom. The minimum atomic E-state index is -0.592. The van der Waals surface area contributed by atoms with Crippen molar-refractivity contribution in [3.8, 4) is 0 Å². The predicted octanol–water partition coefficient (Wildman–Crippen LogP) is 0.767. The van der Waals surface area contributed by atoms with E-state index in [1.807, 2.05) is 0 Å². The van der Waals surface area contributed by atoms with Crippen molar-refractivity contribution >= 4 is 11.7 Å². The average Bonchev–Trinajstić information content (AvgIpc) is 3.07. The third-order valence-corrected chi connectivity index (χ3v) is 3.92. The van der Waals surface area contributed by atoms with Crippen LogP contribution in [-0.4, -0.2) is 38.1 Å². The van der Waals surface area contributed by atoms with Crippen LogP contribution >= 0.6 is 0 Å². The van der Waals surface area contributed by atoms with Crippen molar-refractivity contribution in [3.63, 3.8) is 0 Å². The maximum atomic E-state index is 11.8. The van der Waals surface area contributed by atoms with Crippen molar-refractivity contribution < 1.29 is 14.8 Å². The van der Waals surface area contributed by atoms with Crippen LogP contribution in [0.15, 0.2) is 6.20 Å². The van der Waals surface area contributed by atoms with E-state index in [-0.39, 0.29) is 30.7 Å². The highest BCUT2D eigenvalue weighted by molar-refractivity contribution is 5.75. The lowest BCUT2D eigenvalue weighted by Gasteiger charge is -2.18. The number of nitrogens with one attached hydrogen (secondary N) is 1. The Bertz CT molecular complexity index is 522. The van der Waals surface area contributed by atoms with Crippen LogP contribution in [0.1, 0.15) is 31.5 Å². The molecule has 1 fully saturated rings. The Hall–Kier alpha value is -1.96. The second-order valence-electron chi connectivity index (χ2n) is 5.45. The molecule has 0 aliphatic heterocycles. The molecule has 8 nitrogen and oxygen atoms in total. The number of aromatic nitrogens is 2. The summed E-state index contributed by atoms with van der Waals surface area (Å²) in [6, 6.07) is 0. The lowest BCUT2D eigenvalue weighted by molar-refractivity contribution is -0.389. The van der Waals surface area contributed by atoms with Gasteiger partial charge in [-0.15, -0.1) is 0 Å². The van der Waals surface area contributed by atoms with E-state index < -0.39 is 11.0 Å². The molecule has 1 atom stereocenters. The molecule has 1 heterocycles. The number of imidazole rings is 1. The second kappa shape index (κ2) is 6.66. The first kappa shape index (κ1) is 15.4.